The van der Waals surface area contributed by atoms with Crippen molar-refractivity contribution in [2.75, 3.05) is 14.2 Å². The van der Waals surface area contributed by atoms with Gasteiger partial charge in [0.05, 0.1) is 25.3 Å². The second-order valence-electron chi connectivity index (χ2n) is 4.25. The predicted molar refractivity (Wildman–Crippen MR) is 89.7 cm³/mol. The summed E-state index contributed by atoms with van der Waals surface area (Å²) in [7, 11) is 3.22. The topological polar surface area (TPSA) is 49.2 Å². The molecule has 0 amide bonds. The summed E-state index contributed by atoms with van der Waals surface area (Å²) in [4.78, 5) is 8.36. The largest absolute Gasteiger partial charge is 0.493 e. The van der Waals surface area contributed by atoms with Crippen molar-refractivity contribution >= 4 is 45.2 Å². The highest BCUT2D eigenvalue weighted by Crippen LogP contribution is 2.33. The molecule has 5 nitrogen and oxygen atoms in total. The van der Waals surface area contributed by atoms with Gasteiger partial charge in [0.25, 0.3) is 0 Å². The van der Waals surface area contributed by atoms with Crippen molar-refractivity contribution in [1.29, 1.82) is 0 Å². The van der Waals surface area contributed by atoms with Crippen LogP contribution in [0.1, 0.15) is 0 Å². The zero-order valence-electron chi connectivity index (χ0n) is 11.3. The standard InChI is InChI=1S/C14H11ClIN3O2/c1-20-10-4-3-8(5-11(10)21-2)19-6-9(16)12-13(15)17-7-18-14(12)19/h3-7H,1-2H3. The highest BCUT2D eigenvalue weighted by atomic mass is 127. The lowest BCUT2D eigenvalue weighted by atomic mass is 10.2. The Hall–Kier alpha value is -1.54. The summed E-state index contributed by atoms with van der Waals surface area (Å²) in [6, 6.07) is 5.69. The Morgan fingerprint density at radius 2 is 1.90 bits per heavy atom. The highest BCUT2D eigenvalue weighted by Gasteiger charge is 2.14. The molecule has 0 atom stereocenters. The summed E-state index contributed by atoms with van der Waals surface area (Å²) in [6.45, 7) is 0. The van der Waals surface area contributed by atoms with E-state index < -0.39 is 0 Å². The van der Waals surface area contributed by atoms with Crippen molar-refractivity contribution in [3.05, 3.63) is 39.4 Å². The smallest absolute Gasteiger partial charge is 0.162 e. The summed E-state index contributed by atoms with van der Waals surface area (Å²) in [5.41, 5.74) is 1.67. The third kappa shape index (κ3) is 2.42. The summed E-state index contributed by atoms with van der Waals surface area (Å²) in [5.74, 6) is 1.34. The number of halogens is 2. The van der Waals surface area contributed by atoms with Gasteiger partial charge >= 0.3 is 0 Å². The Labute approximate surface area is 140 Å². The second-order valence-corrected chi connectivity index (χ2v) is 5.77. The third-order valence-corrected chi connectivity index (χ3v) is 4.24. The molecule has 0 saturated heterocycles. The van der Waals surface area contributed by atoms with Crippen LogP contribution in [0.3, 0.4) is 0 Å². The first-order chi connectivity index (χ1) is 10.2. The number of aromatic nitrogens is 3. The minimum Gasteiger partial charge on any atom is -0.493 e. The van der Waals surface area contributed by atoms with E-state index >= 15 is 0 Å². The van der Waals surface area contributed by atoms with Gasteiger partial charge in [-0.15, -0.1) is 0 Å². The average Bonchev–Trinajstić information content (AvgIpc) is 2.85. The van der Waals surface area contributed by atoms with E-state index in [0.29, 0.717) is 16.7 Å². The minimum atomic E-state index is 0.448. The van der Waals surface area contributed by atoms with Gasteiger partial charge in [-0.1, -0.05) is 11.6 Å². The van der Waals surface area contributed by atoms with Crippen LogP contribution in [0.15, 0.2) is 30.7 Å². The van der Waals surface area contributed by atoms with Gasteiger partial charge in [0.1, 0.15) is 11.5 Å². The van der Waals surface area contributed by atoms with E-state index in [1.165, 1.54) is 6.33 Å². The monoisotopic (exact) mass is 415 g/mol. The van der Waals surface area contributed by atoms with Crippen molar-refractivity contribution in [3.8, 4) is 17.2 Å². The number of fused-ring (bicyclic) bond motifs is 1. The van der Waals surface area contributed by atoms with Crippen LogP contribution in [0, 0.1) is 3.57 Å². The molecule has 0 saturated carbocycles. The highest BCUT2D eigenvalue weighted by molar-refractivity contribution is 14.1. The Morgan fingerprint density at radius 3 is 2.62 bits per heavy atom. The molecule has 0 aliphatic carbocycles. The van der Waals surface area contributed by atoms with Crippen LogP contribution in [-0.4, -0.2) is 28.8 Å². The van der Waals surface area contributed by atoms with Crippen LogP contribution in [0.5, 0.6) is 11.5 Å². The van der Waals surface area contributed by atoms with Crippen LogP contribution < -0.4 is 9.47 Å². The minimum absolute atomic E-state index is 0.448. The maximum Gasteiger partial charge on any atom is 0.162 e. The zero-order chi connectivity index (χ0) is 15.0. The first kappa shape index (κ1) is 14.4. The number of hydrogen-bond donors (Lipinski definition) is 0. The van der Waals surface area contributed by atoms with Gasteiger partial charge in [-0.3, -0.25) is 4.57 Å². The SMILES string of the molecule is COc1ccc(-n2cc(I)c3c(Cl)ncnc32)cc1OC. The molecule has 0 aliphatic rings. The number of ether oxygens (including phenoxy) is 2. The molecule has 7 heteroatoms. The molecule has 108 valence electrons. The molecule has 1 aromatic carbocycles. The van der Waals surface area contributed by atoms with E-state index in [4.69, 9.17) is 21.1 Å². The Morgan fingerprint density at radius 1 is 1.14 bits per heavy atom. The maximum absolute atomic E-state index is 6.16. The van der Waals surface area contributed by atoms with E-state index in [1.807, 2.05) is 29.0 Å². The van der Waals surface area contributed by atoms with Gasteiger partial charge in [0, 0.05) is 15.8 Å². The molecule has 3 rings (SSSR count). The normalized spacial score (nSPS) is 10.9. The quantitative estimate of drug-likeness (QED) is 0.483. The lowest BCUT2D eigenvalue weighted by Crippen LogP contribution is -1.97. The van der Waals surface area contributed by atoms with Gasteiger partial charge in [0.2, 0.25) is 0 Å². The van der Waals surface area contributed by atoms with E-state index in [2.05, 4.69) is 32.6 Å². The van der Waals surface area contributed by atoms with Crippen LogP contribution in [0.25, 0.3) is 16.7 Å². The zero-order valence-corrected chi connectivity index (χ0v) is 14.2. The molecular weight excluding hydrogens is 405 g/mol. The van der Waals surface area contributed by atoms with Gasteiger partial charge in [-0.2, -0.15) is 0 Å². The predicted octanol–water partition coefficient (Wildman–Crippen LogP) is 3.70. The number of hydrogen-bond acceptors (Lipinski definition) is 4. The van der Waals surface area contributed by atoms with E-state index in [0.717, 1.165) is 20.3 Å². The van der Waals surface area contributed by atoms with E-state index in [1.54, 1.807) is 14.2 Å². The fourth-order valence-electron chi connectivity index (χ4n) is 2.15. The van der Waals surface area contributed by atoms with Gasteiger partial charge in [-0.05, 0) is 34.7 Å². The molecule has 0 N–H and O–H groups in total. The first-order valence-corrected chi connectivity index (χ1v) is 7.51. The molecule has 3 aromatic rings. The summed E-state index contributed by atoms with van der Waals surface area (Å²) >= 11 is 8.38. The molecule has 0 aliphatic heterocycles. The number of methoxy groups -OCH3 is 2. The average molecular weight is 416 g/mol. The Bertz CT molecular complexity index is 819. The van der Waals surface area contributed by atoms with Gasteiger partial charge in [-0.25, -0.2) is 9.97 Å². The van der Waals surface area contributed by atoms with Gasteiger partial charge < -0.3 is 9.47 Å². The molecular formula is C14H11ClIN3O2. The molecule has 0 fully saturated rings. The lowest BCUT2D eigenvalue weighted by Gasteiger charge is -2.10. The molecule has 2 heterocycles. The summed E-state index contributed by atoms with van der Waals surface area (Å²) in [6.07, 6.45) is 3.42. The van der Waals surface area contributed by atoms with Crippen LogP contribution in [-0.2, 0) is 0 Å². The number of nitrogens with zero attached hydrogens (tertiary/aromatic N) is 3. The number of benzene rings is 1. The van der Waals surface area contributed by atoms with E-state index in [-0.39, 0.29) is 0 Å². The first-order valence-electron chi connectivity index (χ1n) is 6.05. The summed E-state index contributed by atoms with van der Waals surface area (Å²) < 4.78 is 13.5. The summed E-state index contributed by atoms with van der Waals surface area (Å²) in [5, 5.41) is 1.29. The molecule has 0 bridgehead atoms. The van der Waals surface area contributed by atoms with Crippen molar-refractivity contribution in [1.82, 2.24) is 14.5 Å². The van der Waals surface area contributed by atoms with Crippen molar-refractivity contribution < 1.29 is 9.47 Å². The van der Waals surface area contributed by atoms with Crippen LogP contribution >= 0.6 is 34.2 Å². The Kier molecular flexibility index (Phi) is 3.90. The van der Waals surface area contributed by atoms with Crippen LogP contribution in [0.2, 0.25) is 5.15 Å². The number of rotatable bonds is 3. The fourth-order valence-corrected chi connectivity index (χ4v) is 3.32. The molecule has 21 heavy (non-hydrogen) atoms. The van der Waals surface area contributed by atoms with Crippen LogP contribution in [0.4, 0.5) is 0 Å². The molecule has 0 spiro atoms. The van der Waals surface area contributed by atoms with E-state index in [9.17, 15) is 0 Å². The van der Waals surface area contributed by atoms with Crippen molar-refractivity contribution in [3.63, 3.8) is 0 Å². The fraction of sp³-hybridized carbons (Fsp3) is 0.143. The second kappa shape index (κ2) is 5.69. The molecule has 2 aromatic heterocycles. The van der Waals surface area contributed by atoms with Gasteiger partial charge in [0.15, 0.2) is 17.1 Å². The van der Waals surface area contributed by atoms with Crippen molar-refractivity contribution in [2.45, 2.75) is 0 Å². The molecule has 0 unspecified atom stereocenters. The van der Waals surface area contributed by atoms with Crippen molar-refractivity contribution in [2.24, 2.45) is 0 Å². The third-order valence-electron chi connectivity index (χ3n) is 3.14. The lowest BCUT2D eigenvalue weighted by molar-refractivity contribution is 0.355. The maximum atomic E-state index is 6.16. The Balaban J connectivity index is 2.24. The molecule has 0 radical (unpaired) electrons.